The maximum atomic E-state index is 11.4. The van der Waals surface area contributed by atoms with E-state index in [1.165, 1.54) is 59.0 Å². The van der Waals surface area contributed by atoms with Crippen LogP contribution in [0, 0.1) is 48.5 Å². The Hall–Kier alpha value is -10.5. The van der Waals surface area contributed by atoms with E-state index in [2.05, 4.69) is 98.4 Å². The number of nitrogens with one attached hydrogen (secondary N) is 5. The summed E-state index contributed by atoms with van der Waals surface area (Å²) in [6, 6.07) is 35.1. The van der Waals surface area contributed by atoms with Crippen molar-refractivity contribution in [2.75, 3.05) is 32.5 Å². The van der Waals surface area contributed by atoms with E-state index in [1.54, 1.807) is 69.4 Å². The number of hydrazone groups is 3. The predicted molar refractivity (Wildman–Crippen MR) is 405 cm³/mol. The molecule has 99 heavy (non-hydrogen) atoms. The van der Waals surface area contributed by atoms with Gasteiger partial charge in [0.2, 0.25) is 23.6 Å². The molecule has 0 saturated carbocycles. The molecule has 0 aliphatic carbocycles. The highest BCUT2D eigenvalue weighted by Crippen LogP contribution is 2.42. The van der Waals surface area contributed by atoms with Crippen LogP contribution in [0.5, 0.6) is 0 Å². The van der Waals surface area contributed by atoms with Gasteiger partial charge >= 0.3 is 0 Å². The lowest BCUT2D eigenvalue weighted by Crippen LogP contribution is -2.29. The second kappa shape index (κ2) is 32.2. The number of carbonyl (C=O) groups is 4. The predicted octanol–water partition coefficient (Wildman–Crippen LogP) is 13.4. The van der Waals surface area contributed by atoms with Crippen molar-refractivity contribution in [3.8, 4) is 5.00 Å². The third-order valence-electron chi connectivity index (χ3n) is 15.6. The number of amidine groups is 1. The number of thiophene rings is 3. The SMILES string of the molecule is CC(=O)NN.CC(=O)Nc1ccc(C2=NN(Cc3cccnc3)C(=S)Nc3sc(C)c(C)c32)cc1.CC(=O)Nc1ccc(C2=NN(Cc3cccnc3)c3nnc(C)n3-c3sc(C)c(C)c32)cc1.CSC1=Nc2sc(C)c(C)c2C(c2ccc(NC(C)=O)cc2)=NN1Cc1cccnc1. The molecule has 28 heteroatoms. The number of hydrazine groups is 1. The summed E-state index contributed by atoms with van der Waals surface area (Å²) in [5, 5.41) is 45.9. The number of aliphatic imine (C=N–C) groups is 1. The molecule has 0 atom stereocenters. The number of nitrogens with two attached hydrogens (primary N) is 1. The summed E-state index contributed by atoms with van der Waals surface area (Å²) in [5.41, 5.74) is 19.5. The number of thioether (sulfide) groups is 1. The molecular formula is C71H73N19O4S5. The average molecular weight is 1420 g/mol. The molecule has 3 aliphatic heterocycles. The molecule has 10 aromatic rings. The lowest BCUT2D eigenvalue weighted by molar-refractivity contribution is -0.119. The Kier molecular flexibility index (Phi) is 23.2. The first-order valence-corrected chi connectivity index (χ1v) is 35.2. The monoisotopic (exact) mass is 1420 g/mol. The summed E-state index contributed by atoms with van der Waals surface area (Å²) in [6.07, 6.45) is 12.8. The number of nitrogens with zero attached hydrogens (tertiary/aromatic N) is 13. The number of rotatable bonds is 12. The van der Waals surface area contributed by atoms with Crippen molar-refractivity contribution in [1.82, 2.24) is 45.2 Å². The van der Waals surface area contributed by atoms with Gasteiger partial charge in [-0.2, -0.15) is 15.3 Å². The zero-order chi connectivity index (χ0) is 70.6. The van der Waals surface area contributed by atoms with E-state index in [0.717, 1.165) is 110 Å². The van der Waals surface area contributed by atoms with Gasteiger partial charge < -0.3 is 21.3 Å². The zero-order valence-electron chi connectivity index (χ0n) is 56.5. The van der Waals surface area contributed by atoms with Crippen LogP contribution in [-0.4, -0.2) is 97.0 Å². The molecule has 7 aromatic heterocycles. The van der Waals surface area contributed by atoms with E-state index in [-0.39, 0.29) is 23.6 Å². The first kappa shape index (κ1) is 71.3. The second-order valence-electron chi connectivity index (χ2n) is 22.9. The van der Waals surface area contributed by atoms with Gasteiger partial charge in [-0.15, -0.1) is 44.2 Å². The van der Waals surface area contributed by atoms with Crippen LogP contribution >= 0.6 is 58.0 Å². The minimum absolute atomic E-state index is 0.0909. The second-order valence-corrected chi connectivity index (χ2v) is 27.7. The van der Waals surface area contributed by atoms with Gasteiger partial charge in [0.25, 0.3) is 5.95 Å². The number of hydrogen-bond acceptors (Lipinski definition) is 21. The number of carbonyl (C=O) groups excluding carboxylic acids is 4. The molecular weight excluding hydrogens is 1340 g/mol. The van der Waals surface area contributed by atoms with Gasteiger partial charge in [-0.3, -0.25) is 44.1 Å². The van der Waals surface area contributed by atoms with E-state index >= 15 is 0 Å². The van der Waals surface area contributed by atoms with Gasteiger partial charge in [-0.1, -0.05) is 66.4 Å². The van der Waals surface area contributed by atoms with E-state index in [4.69, 9.17) is 32.5 Å². The standard InChI is InChI=1S/C24H23N7OS.C23H23N5OS2.C22H21N5OS2.C2H6N2O/c1-14-15(2)33-23-21(14)22(19-7-9-20(10-8-19)26-17(4)32)29-30(13-18-6-5-11-25-12-18)24-28-27-16(3)31(23)24;1-14-15(2)31-22-20(14)21(18-7-9-19(10-8-18)25-16(3)29)27-28(23(26-22)30-4)13-17-6-5-11-24-12-17;1-13-14(2)30-21-19(13)20(17-6-8-18(9-7-17)24-15(3)28)26-27(22(29)25-21)12-16-5-4-10-23-11-16;1-2(5)4-3/h5-12H,13H2,1-4H3,(H,26,32);5-12H,13H2,1-4H3,(H,25,29);4-11H,12H2,1-3H3,(H,24,28)(H,25,29);3H2,1H3,(H,4,5). The minimum atomic E-state index is -0.218. The molecule has 506 valence electrons. The number of anilines is 5. The number of aromatic nitrogens is 6. The Bertz CT molecular complexity index is 4740. The Balaban J connectivity index is 0.000000155. The summed E-state index contributed by atoms with van der Waals surface area (Å²) < 4.78 is 2.08. The zero-order valence-corrected chi connectivity index (χ0v) is 60.6. The molecule has 0 saturated heterocycles. The number of benzene rings is 3. The Morgan fingerprint density at radius 2 is 0.919 bits per heavy atom. The molecule has 0 fully saturated rings. The molecule has 10 heterocycles. The quantitative estimate of drug-likeness (QED) is 0.0287. The maximum Gasteiger partial charge on any atom is 0.253 e. The molecule has 23 nitrogen and oxygen atoms in total. The van der Waals surface area contributed by atoms with Crippen molar-refractivity contribution in [2.45, 2.75) is 95.8 Å². The van der Waals surface area contributed by atoms with Crippen molar-refractivity contribution >= 4 is 142 Å². The van der Waals surface area contributed by atoms with Crippen LogP contribution in [0.25, 0.3) is 5.00 Å². The summed E-state index contributed by atoms with van der Waals surface area (Å²) in [6.45, 7) is 22.1. The Morgan fingerprint density at radius 1 is 0.515 bits per heavy atom. The highest BCUT2D eigenvalue weighted by molar-refractivity contribution is 8.13. The van der Waals surface area contributed by atoms with Crippen molar-refractivity contribution in [1.29, 1.82) is 0 Å². The number of hydrogen-bond donors (Lipinski definition) is 6. The summed E-state index contributed by atoms with van der Waals surface area (Å²) in [5.74, 6) is 5.54. The summed E-state index contributed by atoms with van der Waals surface area (Å²) in [4.78, 5) is 65.1. The fourth-order valence-corrected chi connectivity index (χ4v) is 14.7. The van der Waals surface area contributed by atoms with Crippen LogP contribution in [0.1, 0.15) is 115 Å². The largest absolute Gasteiger partial charge is 0.326 e. The van der Waals surface area contributed by atoms with E-state index < -0.39 is 0 Å². The van der Waals surface area contributed by atoms with Gasteiger partial charge in [-0.25, -0.2) is 25.9 Å². The lowest BCUT2D eigenvalue weighted by Gasteiger charge is -2.20. The molecule has 13 rings (SSSR count). The molecule has 0 spiro atoms. The molecule has 3 aliphatic rings. The smallest absolute Gasteiger partial charge is 0.253 e. The molecule has 7 N–H and O–H groups in total. The molecule has 0 radical (unpaired) electrons. The molecule has 0 bridgehead atoms. The minimum Gasteiger partial charge on any atom is -0.326 e. The van der Waals surface area contributed by atoms with Crippen molar-refractivity contribution in [3.05, 3.63) is 234 Å². The molecule has 3 aromatic carbocycles. The highest BCUT2D eigenvalue weighted by atomic mass is 32.2. The van der Waals surface area contributed by atoms with E-state index in [1.807, 2.05) is 156 Å². The van der Waals surface area contributed by atoms with Gasteiger partial charge in [0.15, 0.2) is 10.3 Å². The molecule has 0 unspecified atom stereocenters. The number of aryl methyl sites for hydroxylation is 4. The lowest BCUT2D eigenvalue weighted by atomic mass is 10.00. The van der Waals surface area contributed by atoms with Gasteiger partial charge in [0, 0.05) is 130 Å². The van der Waals surface area contributed by atoms with Gasteiger partial charge in [0.05, 0.1) is 19.6 Å². The number of pyridine rings is 3. The topological polar surface area (TPSA) is 283 Å². The van der Waals surface area contributed by atoms with Crippen LogP contribution in [0.2, 0.25) is 0 Å². The van der Waals surface area contributed by atoms with Gasteiger partial charge in [-0.05, 0) is 155 Å². The van der Waals surface area contributed by atoms with Crippen molar-refractivity contribution in [3.63, 3.8) is 0 Å². The fourth-order valence-electron chi connectivity index (χ4n) is 10.5. The third kappa shape index (κ3) is 17.3. The van der Waals surface area contributed by atoms with Crippen molar-refractivity contribution in [2.24, 2.45) is 26.1 Å². The third-order valence-corrected chi connectivity index (χ3v) is 20.0. The van der Waals surface area contributed by atoms with Crippen LogP contribution in [-0.2, 0) is 38.8 Å². The normalized spacial score (nSPS) is 12.7. The summed E-state index contributed by atoms with van der Waals surface area (Å²) >= 11 is 12.3. The van der Waals surface area contributed by atoms with E-state index in [0.29, 0.717) is 30.7 Å². The first-order valence-electron chi connectivity index (χ1n) is 31.1. The first-order chi connectivity index (χ1) is 47.6. The number of thiocarbonyl (C=S) groups is 1. The van der Waals surface area contributed by atoms with E-state index in [9.17, 15) is 19.2 Å². The average Bonchev–Trinajstić information content (AvgIpc) is 1.61. The van der Waals surface area contributed by atoms with Crippen molar-refractivity contribution < 1.29 is 19.2 Å². The fraction of sp³-hybridized carbons (Fsp3) is 0.211. The van der Waals surface area contributed by atoms with Crippen LogP contribution in [0.3, 0.4) is 0 Å². The highest BCUT2D eigenvalue weighted by Gasteiger charge is 2.32. The Labute approximate surface area is 595 Å². The van der Waals surface area contributed by atoms with Gasteiger partial charge in [0.1, 0.15) is 38.0 Å². The Morgan fingerprint density at radius 3 is 1.37 bits per heavy atom. The summed E-state index contributed by atoms with van der Waals surface area (Å²) in [7, 11) is 0. The molecule has 4 amide bonds. The maximum absolute atomic E-state index is 11.4. The number of fused-ring (bicyclic) bond motifs is 5. The number of amides is 4. The van der Waals surface area contributed by atoms with Crippen LogP contribution in [0.15, 0.2) is 167 Å². The van der Waals surface area contributed by atoms with Crippen LogP contribution < -0.4 is 37.5 Å². The van der Waals surface area contributed by atoms with Crippen LogP contribution in [0.4, 0.5) is 33.0 Å².